The standard InChI is InChI=1S/C12H22N2O5/c1-7(2)6-9(14-12(17)18-3)10(15)13-8-4-5-19-11(8)16/h7-9,11,16H,4-6H2,1-3H3,(H,13,15)(H,14,17)/t8?,9-,11?/m0/s1. The molecule has 0 spiro atoms. The molecule has 3 atom stereocenters. The zero-order chi connectivity index (χ0) is 14.4. The molecule has 7 nitrogen and oxygen atoms in total. The van der Waals surface area contributed by atoms with E-state index in [2.05, 4.69) is 15.4 Å². The van der Waals surface area contributed by atoms with E-state index in [-0.39, 0.29) is 11.8 Å². The third kappa shape index (κ3) is 5.04. The Bertz CT molecular complexity index is 321. The summed E-state index contributed by atoms with van der Waals surface area (Å²) < 4.78 is 9.46. The monoisotopic (exact) mass is 274 g/mol. The van der Waals surface area contributed by atoms with Crippen molar-refractivity contribution in [1.29, 1.82) is 0 Å². The van der Waals surface area contributed by atoms with Gasteiger partial charge in [0.1, 0.15) is 6.04 Å². The fourth-order valence-corrected chi connectivity index (χ4v) is 1.91. The van der Waals surface area contributed by atoms with Gasteiger partial charge in [-0.2, -0.15) is 0 Å². The van der Waals surface area contributed by atoms with E-state index < -0.39 is 24.5 Å². The number of alkyl carbamates (subject to hydrolysis) is 1. The van der Waals surface area contributed by atoms with E-state index in [9.17, 15) is 14.7 Å². The van der Waals surface area contributed by atoms with E-state index in [4.69, 9.17) is 4.74 Å². The van der Waals surface area contributed by atoms with E-state index in [0.29, 0.717) is 19.4 Å². The number of hydrogen-bond donors (Lipinski definition) is 3. The van der Waals surface area contributed by atoms with Crippen LogP contribution in [-0.2, 0) is 14.3 Å². The third-order valence-electron chi connectivity index (χ3n) is 2.89. The maximum absolute atomic E-state index is 12.1. The number of aliphatic hydroxyl groups excluding tert-OH is 1. The van der Waals surface area contributed by atoms with Crippen molar-refractivity contribution in [2.75, 3.05) is 13.7 Å². The van der Waals surface area contributed by atoms with Crippen LogP contribution >= 0.6 is 0 Å². The van der Waals surface area contributed by atoms with E-state index >= 15 is 0 Å². The summed E-state index contributed by atoms with van der Waals surface area (Å²) in [5.74, 6) is -0.105. The number of amides is 2. The number of hydrogen-bond acceptors (Lipinski definition) is 5. The summed E-state index contributed by atoms with van der Waals surface area (Å²) >= 11 is 0. The van der Waals surface area contributed by atoms with Crippen LogP contribution in [0.3, 0.4) is 0 Å². The Labute approximate surface area is 112 Å². The molecule has 0 bridgehead atoms. The molecule has 0 aromatic heterocycles. The minimum Gasteiger partial charge on any atom is -0.453 e. The van der Waals surface area contributed by atoms with Crippen LogP contribution in [0.4, 0.5) is 4.79 Å². The zero-order valence-electron chi connectivity index (χ0n) is 11.5. The Balaban J connectivity index is 2.57. The van der Waals surface area contributed by atoms with E-state index in [1.54, 1.807) is 0 Å². The van der Waals surface area contributed by atoms with Crippen LogP contribution in [0.15, 0.2) is 0 Å². The lowest BCUT2D eigenvalue weighted by molar-refractivity contribution is -0.127. The molecule has 0 aliphatic carbocycles. The molecule has 0 saturated carbocycles. The predicted molar refractivity (Wildman–Crippen MR) is 67.3 cm³/mol. The lowest BCUT2D eigenvalue weighted by Gasteiger charge is -2.22. The van der Waals surface area contributed by atoms with Gasteiger partial charge in [-0.1, -0.05) is 13.8 Å². The second kappa shape index (κ2) is 7.30. The van der Waals surface area contributed by atoms with Crippen molar-refractivity contribution < 1.29 is 24.2 Å². The van der Waals surface area contributed by atoms with Crippen molar-refractivity contribution in [2.45, 2.75) is 45.1 Å². The summed E-state index contributed by atoms with van der Waals surface area (Å²) in [5, 5.41) is 14.7. The van der Waals surface area contributed by atoms with Gasteiger partial charge in [-0.3, -0.25) is 4.79 Å². The molecule has 1 aliphatic heterocycles. The molecular formula is C12H22N2O5. The van der Waals surface area contributed by atoms with E-state index in [0.717, 1.165) is 0 Å². The first-order valence-electron chi connectivity index (χ1n) is 6.38. The smallest absolute Gasteiger partial charge is 0.407 e. The summed E-state index contributed by atoms with van der Waals surface area (Å²) in [6.07, 6.45) is -0.588. The van der Waals surface area contributed by atoms with Gasteiger partial charge in [0.05, 0.1) is 19.8 Å². The molecular weight excluding hydrogens is 252 g/mol. The second-order valence-electron chi connectivity index (χ2n) is 4.98. The Morgan fingerprint density at radius 1 is 1.47 bits per heavy atom. The Hall–Kier alpha value is -1.34. The Morgan fingerprint density at radius 3 is 2.63 bits per heavy atom. The number of carbonyl (C=O) groups is 2. The summed E-state index contributed by atoms with van der Waals surface area (Å²) in [5.41, 5.74) is 0. The van der Waals surface area contributed by atoms with Gasteiger partial charge in [-0.25, -0.2) is 4.79 Å². The molecule has 1 saturated heterocycles. The molecule has 0 aromatic carbocycles. The molecule has 3 N–H and O–H groups in total. The quantitative estimate of drug-likeness (QED) is 0.654. The number of methoxy groups -OCH3 is 1. The van der Waals surface area contributed by atoms with Crippen LogP contribution in [0.1, 0.15) is 26.7 Å². The minimum atomic E-state index is -0.984. The number of aliphatic hydroxyl groups is 1. The molecule has 2 amide bonds. The van der Waals surface area contributed by atoms with Crippen molar-refractivity contribution in [2.24, 2.45) is 5.92 Å². The van der Waals surface area contributed by atoms with Gasteiger partial charge in [-0.05, 0) is 18.8 Å². The highest BCUT2D eigenvalue weighted by molar-refractivity contribution is 5.85. The van der Waals surface area contributed by atoms with Gasteiger partial charge in [0.25, 0.3) is 0 Å². The van der Waals surface area contributed by atoms with Gasteiger partial charge < -0.3 is 25.2 Å². The highest BCUT2D eigenvalue weighted by atomic mass is 16.6. The largest absolute Gasteiger partial charge is 0.453 e. The molecule has 2 unspecified atom stereocenters. The maximum atomic E-state index is 12.1. The molecule has 19 heavy (non-hydrogen) atoms. The van der Waals surface area contributed by atoms with Crippen LogP contribution in [0.2, 0.25) is 0 Å². The fraction of sp³-hybridized carbons (Fsp3) is 0.833. The van der Waals surface area contributed by atoms with Crippen LogP contribution in [0.25, 0.3) is 0 Å². The van der Waals surface area contributed by atoms with Crippen molar-refractivity contribution in [3.8, 4) is 0 Å². The van der Waals surface area contributed by atoms with Gasteiger partial charge in [0.15, 0.2) is 6.29 Å². The van der Waals surface area contributed by atoms with Crippen molar-refractivity contribution >= 4 is 12.0 Å². The highest BCUT2D eigenvalue weighted by Gasteiger charge is 2.31. The van der Waals surface area contributed by atoms with Crippen molar-refractivity contribution in [3.63, 3.8) is 0 Å². The number of ether oxygens (including phenoxy) is 2. The van der Waals surface area contributed by atoms with Gasteiger partial charge in [-0.15, -0.1) is 0 Å². The van der Waals surface area contributed by atoms with Gasteiger partial charge in [0, 0.05) is 0 Å². The first kappa shape index (κ1) is 15.7. The van der Waals surface area contributed by atoms with Crippen LogP contribution in [-0.4, -0.2) is 49.2 Å². The summed E-state index contributed by atoms with van der Waals surface area (Å²) in [6, 6.07) is -1.11. The third-order valence-corrected chi connectivity index (χ3v) is 2.89. The summed E-state index contributed by atoms with van der Waals surface area (Å²) in [4.78, 5) is 23.3. The fourth-order valence-electron chi connectivity index (χ4n) is 1.91. The van der Waals surface area contributed by atoms with Crippen molar-refractivity contribution in [3.05, 3.63) is 0 Å². The zero-order valence-corrected chi connectivity index (χ0v) is 11.5. The molecule has 1 aliphatic rings. The molecule has 7 heteroatoms. The summed E-state index contributed by atoms with van der Waals surface area (Å²) in [7, 11) is 1.24. The lowest BCUT2D eigenvalue weighted by atomic mass is 10.0. The Morgan fingerprint density at radius 2 is 2.16 bits per heavy atom. The first-order valence-corrected chi connectivity index (χ1v) is 6.38. The number of rotatable bonds is 5. The summed E-state index contributed by atoms with van der Waals surface area (Å²) in [6.45, 7) is 4.31. The van der Waals surface area contributed by atoms with E-state index in [1.807, 2.05) is 13.8 Å². The molecule has 1 rings (SSSR count). The van der Waals surface area contributed by atoms with Crippen molar-refractivity contribution in [1.82, 2.24) is 10.6 Å². The lowest BCUT2D eigenvalue weighted by Crippen LogP contribution is -2.51. The number of carbonyl (C=O) groups excluding carboxylic acids is 2. The average Bonchev–Trinajstić information content (AvgIpc) is 2.73. The number of nitrogens with one attached hydrogen (secondary N) is 2. The van der Waals surface area contributed by atoms with Gasteiger partial charge >= 0.3 is 6.09 Å². The second-order valence-corrected chi connectivity index (χ2v) is 4.98. The van der Waals surface area contributed by atoms with Crippen LogP contribution < -0.4 is 10.6 Å². The molecule has 1 heterocycles. The first-order chi connectivity index (χ1) is 8.93. The minimum absolute atomic E-state index is 0.234. The van der Waals surface area contributed by atoms with E-state index in [1.165, 1.54) is 7.11 Å². The topological polar surface area (TPSA) is 96.9 Å². The molecule has 110 valence electrons. The van der Waals surface area contributed by atoms with Crippen LogP contribution in [0, 0.1) is 5.92 Å². The average molecular weight is 274 g/mol. The normalized spacial score (nSPS) is 24.1. The molecule has 0 aromatic rings. The van der Waals surface area contributed by atoms with Crippen LogP contribution in [0.5, 0.6) is 0 Å². The predicted octanol–water partition coefficient (Wildman–Crippen LogP) is -0.0194. The molecule has 1 fully saturated rings. The van der Waals surface area contributed by atoms with Gasteiger partial charge in [0.2, 0.25) is 5.91 Å². The Kier molecular flexibility index (Phi) is 6.04. The highest BCUT2D eigenvalue weighted by Crippen LogP contribution is 2.12. The SMILES string of the molecule is COC(=O)N[C@@H](CC(C)C)C(=O)NC1CCOC1O. The maximum Gasteiger partial charge on any atom is 0.407 e. The molecule has 0 radical (unpaired) electrons.